The standard InChI is InChI=1S/C31H41FN4O5Si/c1-30(2,3)42(5,6)41-18-25-27-26(21-12-11-20(40-4)17-24(21)33-27)31(19-36(25)29(38)39)13-15-35(16-14-31)28(37)34-23-10-8-7-9-22(23)32/h7-12,17,25,33H,13-16,18-19H2,1-6H3,(H,34,37)(H,38,39). The number of hydrogen-bond acceptors (Lipinski definition) is 4. The van der Waals surface area contributed by atoms with Gasteiger partial charge in [-0.3, -0.25) is 4.90 Å². The number of urea groups is 1. The molecule has 3 amide bonds. The van der Waals surface area contributed by atoms with E-state index in [0.717, 1.165) is 22.2 Å². The van der Waals surface area contributed by atoms with Crippen molar-refractivity contribution in [2.24, 2.45) is 0 Å². The molecule has 9 nitrogen and oxygen atoms in total. The molecule has 0 radical (unpaired) electrons. The molecule has 0 bridgehead atoms. The van der Waals surface area contributed by atoms with Crippen LogP contribution in [-0.4, -0.2) is 73.7 Å². The number of hydrogen-bond donors (Lipinski definition) is 3. The van der Waals surface area contributed by atoms with Crippen LogP contribution in [0.4, 0.5) is 19.7 Å². The third kappa shape index (κ3) is 5.35. The Labute approximate surface area is 247 Å². The van der Waals surface area contributed by atoms with Crippen LogP contribution in [0.25, 0.3) is 10.9 Å². The van der Waals surface area contributed by atoms with Crippen molar-refractivity contribution in [1.29, 1.82) is 0 Å². The third-order valence-corrected chi connectivity index (χ3v) is 14.0. The van der Waals surface area contributed by atoms with Crippen molar-refractivity contribution in [3.05, 3.63) is 59.5 Å². The number of anilines is 1. The number of aromatic amines is 1. The quantitative estimate of drug-likeness (QED) is 0.277. The number of rotatable bonds is 5. The van der Waals surface area contributed by atoms with Crippen molar-refractivity contribution in [3.8, 4) is 5.75 Å². The molecule has 2 aromatic carbocycles. The molecule has 226 valence electrons. The monoisotopic (exact) mass is 596 g/mol. The molecule has 0 aliphatic carbocycles. The van der Waals surface area contributed by atoms with Gasteiger partial charge in [-0.25, -0.2) is 14.0 Å². The number of halogens is 1. The highest BCUT2D eigenvalue weighted by molar-refractivity contribution is 6.74. The molecule has 3 aromatic rings. The second kappa shape index (κ2) is 10.9. The minimum atomic E-state index is -2.17. The van der Waals surface area contributed by atoms with E-state index in [2.05, 4.69) is 44.2 Å². The molecular weight excluding hydrogens is 555 g/mol. The third-order valence-electron chi connectivity index (χ3n) is 9.52. The number of carbonyl (C=O) groups is 2. The lowest BCUT2D eigenvalue weighted by molar-refractivity contribution is 0.0548. The van der Waals surface area contributed by atoms with E-state index in [1.807, 2.05) is 18.2 Å². The maximum Gasteiger partial charge on any atom is 0.407 e. The fourth-order valence-electron chi connectivity index (χ4n) is 6.00. The summed E-state index contributed by atoms with van der Waals surface area (Å²) in [6.45, 7) is 12.2. The second-order valence-corrected chi connectivity index (χ2v) is 17.8. The number of fused-ring (bicyclic) bond motifs is 4. The van der Waals surface area contributed by atoms with Gasteiger partial charge in [0.15, 0.2) is 8.32 Å². The Hall–Kier alpha value is -3.57. The Kier molecular flexibility index (Phi) is 7.78. The number of nitrogens with zero attached hydrogens (tertiary/aromatic N) is 2. The number of aromatic nitrogens is 1. The lowest BCUT2D eigenvalue weighted by Gasteiger charge is -2.50. The van der Waals surface area contributed by atoms with E-state index < -0.39 is 31.7 Å². The van der Waals surface area contributed by atoms with Crippen LogP contribution in [0.2, 0.25) is 18.1 Å². The molecule has 1 spiro atoms. The Morgan fingerprint density at radius 3 is 2.48 bits per heavy atom. The van der Waals surface area contributed by atoms with Gasteiger partial charge < -0.3 is 29.5 Å². The number of H-pyrrole nitrogens is 1. The number of nitrogens with one attached hydrogen (secondary N) is 2. The molecule has 1 fully saturated rings. The lowest BCUT2D eigenvalue weighted by Crippen LogP contribution is -2.56. The molecule has 0 saturated carbocycles. The summed E-state index contributed by atoms with van der Waals surface area (Å²) in [4.78, 5) is 32.6. The van der Waals surface area contributed by atoms with Crippen molar-refractivity contribution >= 4 is 37.0 Å². The van der Waals surface area contributed by atoms with E-state index in [9.17, 15) is 19.1 Å². The second-order valence-electron chi connectivity index (χ2n) is 13.0. The van der Waals surface area contributed by atoms with E-state index in [1.165, 1.54) is 17.0 Å². The first-order valence-electron chi connectivity index (χ1n) is 14.4. The van der Waals surface area contributed by atoms with Crippen LogP contribution < -0.4 is 10.1 Å². The van der Waals surface area contributed by atoms with Gasteiger partial charge >= 0.3 is 12.1 Å². The number of carbonyl (C=O) groups excluding carboxylic acids is 1. The molecule has 42 heavy (non-hydrogen) atoms. The number of amides is 3. The van der Waals surface area contributed by atoms with Gasteiger partial charge in [-0.15, -0.1) is 0 Å². The number of carboxylic acid groups (broad SMARTS) is 1. The van der Waals surface area contributed by atoms with Gasteiger partial charge in [-0.05, 0) is 60.8 Å². The van der Waals surface area contributed by atoms with Crippen LogP contribution >= 0.6 is 0 Å². The van der Waals surface area contributed by atoms with E-state index in [0.29, 0.717) is 38.2 Å². The minimum absolute atomic E-state index is 0.0242. The Morgan fingerprint density at radius 2 is 1.86 bits per heavy atom. The van der Waals surface area contributed by atoms with Crippen LogP contribution in [0, 0.1) is 5.82 Å². The first kappa shape index (κ1) is 29.9. The van der Waals surface area contributed by atoms with Gasteiger partial charge in [0.05, 0.1) is 25.4 Å². The van der Waals surface area contributed by atoms with E-state index in [-0.39, 0.29) is 23.4 Å². The SMILES string of the molecule is COc1ccc2c3c([nH]c2c1)C(CO[Si](C)(C)C(C)(C)C)N(C(=O)O)CC31CCN(C(=O)Nc2ccccc2F)CC1. The van der Waals surface area contributed by atoms with Crippen LogP contribution in [0.1, 0.15) is 50.9 Å². The van der Waals surface area contributed by atoms with Gasteiger partial charge in [0, 0.05) is 47.7 Å². The topological polar surface area (TPSA) is 107 Å². The average Bonchev–Trinajstić information content (AvgIpc) is 3.33. The predicted octanol–water partition coefficient (Wildman–Crippen LogP) is 6.94. The van der Waals surface area contributed by atoms with Gasteiger partial charge in [-0.1, -0.05) is 32.9 Å². The van der Waals surface area contributed by atoms with Gasteiger partial charge in [0.2, 0.25) is 0 Å². The average molecular weight is 597 g/mol. The van der Waals surface area contributed by atoms with Crippen LogP contribution in [0.3, 0.4) is 0 Å². The maximum absolute atomic E-state index is 14.2. The molecule has 1 aromatic heterocycles. The fraction of sp³-hybridized carbons (Fsp3) is 0.484. The van der Waals surface area contributed by atoms with Crippen LogP contribution in [0.5, 0.6) is 5.75 Å². The zero-order valence-electron chi connectivity index (χ0n) is 25.2. The number of para-hydroxylation sites is 1. The fourth-order valence-corrected chi connectivity index (χ4v) is 7.01. The molecule has 1 atom stereocenters. The first-order valence-corrected chi connectivity index (χ1v) is 17.3. The molecular formula is C31H41FN4O5Si. The summed E-state index contributed by atoms with van der Waals surface area (Å²) in [6.07, 6.45) is 0.117. The molecule has 3 heterocycles. The summed E-state index contributed by atoms with van der Waals surface area (Å²) in [5.41, 5.74) is 2.44. The number of likely N-dealkylation sites (tertiary alicyclic amines) is 1. The van der Waals surface area contributed by atoms with Crippen LogP contribution in [0.15, 0.2) is 42.5 Å². The zero-order valence-corrected chi connectivity index (χ0v) is 26.2. The van der Waals surface area contributed by atoms with Crippen LogP contribution in [-0.2, 0) is 9.84 Å². The maximum atomic E-state index is 14.2. The van der Waals surface area contributed by atoms with Gasteiger partial charge in [0.1, 0.15) is 11.6 Å². The zero-order chi connectivity index (χ0) is 30.4. The summed E-state index contributed by atoms with van der Waals surface area (Å²) >= 11 is 0. The van der Waals surface area contributed by atoms with Crippen molar-refractivity contribution < 1.29 is 28.2 Å². The smallest absolute Gasteiger partial charge is 0.407 e. The Balaban J connectivity index is 1.50. The van der Waals surface area contributed by atoms with E-state index >= 15 is 0 Å². The Morgan fingerprint density at radius 1 is 1.17 bits per heavy atom. The van der Waals surface area contributed by atoms with Crippen molar-refractivity contribution in [2.45, 2.75) is 63.2 Å². The highest BCUT2D eigenvalue weighted by atomic mass is 28.4. The largest absolute Gasteiger partial charge is 0.497 e. The van der Waals surface area contributed by atoms with E-state index in [4.69, 9.17) is 9.16 Å². The Bertz CT molecular complexity index is 1490. The molecule has 1 saturated heterocycles. The predicted molar refractivity (Wildman–Crippen MR) is 163 cm³/mol. The summed E-state index contributed by atoms with van der Waals surface area (Å²) in [5, 5.41) is 14.1. The highest BCUT2D eigenvalue weighted by Gasteiger charge is 2.50. The molecule has 5 rings (SSSR count). The molecule has 2 aliphatic rings. The van der Waals surface area contributed by atoms with Gasteiger partial charge in [-0.2, -0.15) is 0 Å². The molecule has 1 unspecified atom stereocenters. The summed E-state index contributed by atoms with van der Waals surface area (Å²) in [5.74, 6) is 0.215. The molecule has 3 N–H and O–H groups in total. The summed E-state index contributed by atoms with van der Waals surface area (Å²) in [6, 6.07) is 11.1. The minimum Gasteiger partial charge on any atom is -0.497 e. The number of methoxy groups -OCH3 is 1. The first-order chi connectivity index (χ1) is 19.8. The number of piperidine rings is 1. The molecule has 11 heteroatoms. The van der Waals surface area contributed by atoms with Crippen molar-refractivity contribution in [3.63, 3.8) is 0 Å². The lowest BCUT2D eigenvalue weighted by atomic mass is 9.68. The number of ether oxygens (including phenoxy) is 1. The normalized spacial score (nSPS) is 18.7. The van der Waals surface area contributed by atoms with Crippen molar-refractivity contribution in [2.75, 3.05) is 38.7 Å². The van der Waals surface area contributed by atoms with Crippen molar-refractivity contribution in [1.82, 2.24) is 14.8 Å². The highest BCUT2D eigenvalue weighted by Crippen LogP contribution is 2.50. The van der Waals surface area contributed by atoms with E-state index in [1.54, 1.807) is 24.1 Å². The summed E-state index contributed by atoms with van der Waals surface area (Å²) < 4.78 is 26.3. The number of benzene rings is 2. The molecule has 2 aliphatic heterocycles. The summed E-state index contributed by atoms with van der Waals surface area (Å²) in [7, 11) is -0.545. The van der Waals surface area contributed by atoms with Gasteiger partial charge in [0.25, 0.3) is 0 Å².